The summed E-state index contributed by atoms with van der Waals surface area (Å²) in [5.41, 5.74) is 1.57. The van der Waals surface area contributed by atoms with E-state index in [2.05, 4.69) is 27.0 Å². The Morgan fingerprint density at radius 1 is 1.50 bits per heavy atom. The van der Waals surface area contributed by atoms with Crippen molar-refractivity contribution in [3.8, 4) is 6.07 Å². The lowest BCUT2D eigenvalue weighted by Gasteiger charge is -1.90. The first-order valence-electron chi connectivity index (χ1n) is 4.47. The number of aromatic nitrogens is 1. The van der Waals surface area contributed by atoms with Crippen molar-refractivity contribution in [3.63, 3.8) is 0 Å². The van der Waals surface area contributed by atoms with E-state index < -0.39 is 0 Å². The summed E-state index contributed by atoms with van der Waals surface area (Å²) in [6.07, 6.45) is 1.87. The van der Waals surface area contributed by atoms with E-state index in [1.165, 1.54) is 11.3 Å². The van der Waals surface area contributed by atoms with Crippen LogP contribution < -0.4 is 0 Å². The smallest absolute Gasteiger partial charge is 0.134 e. The molecule has 2 rings (SSSR count). The van der Waals surface area contributed by atoms with Gasteiger partial charge in [-0.15, -0.1) is 22.7 Å². The number of thiazole rings is 1. The van der Waals surface area contributed by atoms with Gasteiger partial charge in [0.1, 0.15) is 11.1 Å². The molecule has 0 aliphatic carbocycles. The summed E-state index contributed by atoms with van der Waals surface area (Å²) in [5, 5.41) is 13.8. The second-order valence-corrected chi connectivity index (χ2v) is 5.85. The predicted octanol–water partition coefficient (Wildman–Crippen LogP) is 4.34. The van der Waals surface area contributed by atoms with Crippen molar-refractivity contribution in [2.45, 2.75) is 6.92 Å². The molecule has 2 heterocycles. The summed E-state index contributed by atoms with van der Waals surface area (Å²) < 4.78 is 1.04. The summed E-state index contributed by atoms with van der Waals surface area (Å²) in [5.74, 6) is 0. The number of aryl methyl sites for hydroxylation is 1. The van der Waals surface area contributed by atoms with Crippen LogP contribution in [0.2, 0.25) is 0 Å². The van der Waals surface area contributed by atoms with Crippen molar-refractivity contribution in [1.82, 2.24) is 4.98 Å². The normalized spacial score (nSPS) is 11.4. The molecule has 2 aromatic heterocycles. The van der Waals surface area contributed by atoms with Gasteiger partial charge >= 0.3 is 0 Å². The molecule has 80 valence electrons. The molecular formula is C11H7BrN2S2. The highest BCUT2D eigenvalue weighted by Gasteiger charge is 2.06. The van der Waals surface area contributed by atoms with E-state index in [1.54, 1.807) is 11.3 Å². The topological polar surface area (TPSA) is 36.7 Å². The van der Waals surface area contributed by atoms with Gasteiger partial charge < -0.3 is 0 Å². The van der Waals surface area contributed by atoms with Crippen LogP contribution in [0, 0.1) is 18.3 Å². The minimum atomic E-state index is 0.618. The highest BCUT2D eigenvalue weighted by atomic mass is 79.9. The van der Waals surface area contributed by atoms with Crippen molar-refractivity contribution >= 4 is 50.3 Å². The zero-order valence-electron chi connectivity index (χ0n) is 8.40. The van der Waals surface area contributed by atoms with Gasteiger partial charge in [0.05, 0.1) is 5.57 Å². The van der Waals surface area contributed by atoms with Gasteiger partial charge in [-0.25, -0.2) is 4.98 Å². The van der Waals surface area contributed by atoms with E-state index in [0.29, 0.717) is 5.57 Å². The van der Waals surface area contributed by atoms with Crippen LogP contribution in [0.25, 0.3) is 11.6 Å². The van der Waals surface area contributed by atoms with E-state index in [9.17, 15) is 0 Å². The maximum absolute atomic E-state index is 9.10. The number of thiophene rings is 1. The Balaban J connectivity index is 2.37. The highest BCUT2D eigenvalue weighted by molar-refractivity contribution is 9.10. The number of allylic oxidation sites excluding steroid dienone is 1. The highest BCUT2D eigenvalue weighted by Crippen LogP contribution is 2.26. The fraction of sp³-hybridized carbons (Fsp3) is 0.0909. The molecule has 2 aromatic rings. The summed E-state index contributed by atoms with van der Waals surface area (Å²) in [4.78, 5) is 5.36. The first kappa shape index (κ1) is 11.5. The maximum atomic E-state index is 9.10. The van der Waals surface area contributed by atoms with E-state index in [1.807, 2.05) is 29.8 Å². The maximum Gasteiger partial charge on any atom is 0.134 e. The van der Waals surface area contributed by atoms with Crippen LogP contribution in [-0.2, 0) is 0 Å². The number of nitriles is 1. The van der Waals surface area contributed by atoms with E-state index in [0.717, 1.165) is 20.1 Å². The van der Waals surface area contributed by atoms with Crippen LogP contribution in [0.15, 0.2) is 21.3 Å². The quantitative estimate of drug-likeness (QED) is 0.774. The third kappa shape index (κ3) is 2.59. The van der Waals surface area contributed by atoms with Crippen LogP contribution in [-0.4, -0.2) is 4.98 Å². The number of rotatable bonds is 2. The summed E-state index contributed by atoms with van der Waals surface area (Å²) in [6.45, 7) is 1.93. The molecule has 0 radical (unpaired) electrons. The van der Waals surface area contributed by atoms with Crippen LogP contribution in [0.1, 0.15) is 15.6 Å². The molecule has 0 atom stereocenters. The molecule has 5 heteroatoms. The largest absolute Gasteiger partial charge is 0.241 e. The molecule has 0 amide bonds. The third-order valence-electron chi connectivity index (χ3n) is 1.84. The average molecular weight is 311 g/mol. The minimum absolute atomic E-state index is 0.618. The molecule has 0 unspecified atom stereocenters. The first-order chi connectivity index (χ1) is 7.69. The molecule has 16 heavy (non-hydrogen) atoms. The monoisotopic (exact) mass is 310 g/mol. The van der Waals surface area contributed by atoms with E-state index in [-0.39, 0.29) is 0 Å². The number of hydrogen-bond acceptors (Lipinski definition) is 4. The van der Waals surface area contributed by atoms with Gasteiger partial charge in [0.25, 0.3) is 0 Å². The van der Waals surface area contributed by atoms with Crippen LogP contribution in [0.5, 0.6) is 0 Å². The van der Waals surface area contributed by atoms with Gasteiger partial charge in [0.15, 0.2) is 0 Å². The molecule has 0 saturated carbocycles. The van der Waals surface area contributed by atoms with Gasteiger partial charge in [-0.3, -0.25) is 0 Å². The average Bonchev–Trinajstić information content (AvgIpc) is 2.84. The van der Waals surface area contributed by atoms with Crippen molar-refractivity contribution in [3.05, 3.63) is 36.9 Å². The van der Waals surface area contributed by atoms with Gasteiger partial charge in [0, 0.05) is 25.8 Å². The Kier molecular flexibility index (Phi) is 3.54. The molecule has 0 bridgehead atoms. The molecule has 0 aliphatic rings. The molecule has 0 fully saturated rings. The van der Waals surface area contributed by atoms with Crippen LogP contribution >= 0.6 is 38.6 Å². The standard InChI is InChI=1S/C11H7BrN2S2/c1-7-5-16-11(14-7)8(4-13)2-10-3-9(12)6-15-10/h2-3,5-6H,1H3/b8-2-. The Morgan fingerprint density at radius 2 is 2.31 bits per heavy atom. The Hall–Kier alpha value is -0.960. The lowest BCUT2D eigenvalue weighted by Crippen LogP contribution is -1.79. The van der Waals surface area contributed by atoms with E-state index >= 15 is 0 Å². The van der Waals surface area contributed by atoms with Gasteiger partial charge in [-0.1, -0.05) is 0 Å². The van der Waals surface area contributed by atoms with Gasteiger partial charge in [0.2, 0.25) is 0 Å². The molecule has 0 N–H and O–H groups in total. The zero-order valence-corrected chi connectivity index (χ0v) is 11.6. The number of halogens is 1. The summed E-state index contributed by atoms with van der Waals surface area (Å²) in [6, 6.07) is 4.18. The third-order valence-corrected chi connectivity index (χ3v) is 4.48. The molecular weight excluding hydrogens is 304 g/mol. The first-order valence-corrected chi connectivity index (χ1v) is 7.02. The van der Waals surface area contributed by atoms with Crippen molar-refractivity contribution in [2.24, 2.45) is 0 Å². The Morgan fingerprint density at radius 3 is 2.81 bits per heavy atom. The molecule has 2 nitrogen and oxygen atoms in total. The lowest BCUT2D eigenvalue weighted by atomic mass is 10.2. The molecule has 0 aliphatic heterocycles. The molecule has 0 spiro atoms. The van der Waals surface area contributed by atoms with Crippen molar-refractivity contribution in [2.75, 3.05) is 0 Å². The van der Waals surface area contributed by atoms with Crippen LogP contribution in [0.4, 0.5) is 0 Å². The molecule has 0 aromatic carbocycles. The molecule has 0 saturated heterocycles. The second kappa shape index (κ2) is 4.91. The Bertz CT molecular complexity index is 575. The second-order valence-electron chi connectivity index (χ2n) is 3.13. The van der Waals surface area contributed by atoms with Crippen molar-refractivity contribution < 1.29 is 0 Å². The number of hydrogen-bond donors (Lipinski definition) is 0. The predicted molar refractivity (Wildman–Crippen MR) is 72.4 cm³/mol. The van der Waals surface area contributed by atoms with Gasteiger partial charge in [-0.05, 0) is 35.0 Å². The van der Waals surface area contributed by atoms with E-state index in [4.69, 9.17) is 5.26 Å². The van der Waals surface area contributed by atoms with Crippen molar-refractivity contribution in [1.29, 1.82) is 5.26 Å². The van der Waals surface area contributed by atoms with Gasteiger partial charge in [-0.2, -0.15) is 5.26 Å². The zero-order chi connectivity index (χ0) is 11.5. The minimum Gasteiger partial charge on any atom is -0.241 e. The Labute approximate surface area is 110 Å². The van der Waals surface area contributed by atoms with Crippen LogP contribution in [0.3, 0.4) is 0 Å². The fourth-order valence-corrected chi connectivity index (χ4v) is 3.30. The summed E-state index contributed by atoms with van der Waals surface area (Å²) in [7, 11) is 0. The fourth-order valence-electron chi connectivity index (χ4n) is 1.17. The number of nitrogens with zero attached hydrogens (tertiary/aromatic N) is 2. The SMILES string of the molecule is Cc1csc(/C(C#N)=C\c2cc(Br)cs2)n1. The lowest BCUT2D eigenvalue weighted by molar-refractivity contribution is 1.25. The summed E-state index contributed by atoms with van der Waals surface area (Å²) >= 11 is 6.49.